The minimum Gasteiger partial charge on any atom is -0.462 e. The largest absolute Gasteiger partial charge is 0.462 e. The van der Waals surface area contributed by atoms with Gasteiger partial charge in [-0.2, -0.15) is 0 Å². The number of nitrogens with one attached hydrogen (secondary N) is 1. The number of ether oxygens (including phenoxy) is 1. The zero-order valence-corrected chi connectivity index (χ0v) is 16.2. The fourth-order valence-corrected chi connectivity index (χ4v) is 3.22. The summed E-state index contributed by atoms with van der Waals surface area (Å²) in [6, 6.07) is 8.99. The predicted octanol–water partition coefficient (Wildman–Crippen LogP) is 5.18. The molecule has 0 aliphatic heterocycles. The highest BCUT2D eigenvalue weighted by atomic mass is 35.5. The van der Waals surface area contributed by atoms with Crippen LogP contribution in [0.4, 0.5) is 10.1 Å². The second-order valence-corrected chi connectivity index (χ2v) is 7.02. The first-order chi connectivity index (χ1) is 12.4. The van der Waals surface area contributed by atoms with Crippen LogP contribution in [-0.2, 0) is 15.3 Å². The molecule has 0 bridgehead atoms. The lowest BCUT2D eigenvalue weighted by atomic mass is 10.2. The van der Waals surface area contributed by atoms with Crippen LogP contribution in [0.25, 0.3) is 0 Å². The fourth-order valence-electron chi connectivity index (χ4n) is 2.06. The number of carbonyl (C=O) groups excluding carboxylic acids is 2. The Bertz CT molecular complexity index is 817. The van der Waals surface area contributed by atoms with Gasteiger partial charge in [-0.1, -0.05) is 29.3 Å². The maximum Gasteiger partial charge on any atom is 0.339 e. The summed E-state index contributed by atoms with van der Waals surface area (Å²) in [6.45, 7) is 1.92. The van der Waals surface area contributed by atoms with E-state index >= 15 is 0 Å². The molecule has 1 amide bonds. The number of rotatable bonds is 7. The van der Waals surface area contributed by atoms with Gasteiger partial charge in [-0.15, -0.1) is 11.8 Å². The molecule has 8 heteroatoms. The summed E-state index contributed by atoms with van der Waals surface area (Å²) >= 11 is 12.9. The number of hydrogen-bond donors (Lipinski definition) is 1. The highest BCUT2D eigenvalue weighted by Gasteiger charge is 2.13. The molecule has 0 saturated carbocycles. The van der Waals surface area contributed by atoms with Gasteiger partial charge in [-0.05, 0) is 42.8 Å². The summed E-state index contributed by atoms with van der Waals surface area (Å²) < 4.78 is 18.6. The molecule has 0 unspecified atom stereocenters. The predicted molar refractivity (Wildman–Crippen MR) is 104 cm³/mol. The van der Waals surface area contributed by atoms with E-state index in [4.69, 9.17) is 27.9 Å². The second-order valence-electron chi connectivity index (χ2n) is 5.19. The summed E-state index contributed by atoms with van der Waals surface area (Å²) in [5.41, 5.74) is 1.09. The molecule has 0 aliphatic carbocycles. The first-order valence-electron chi connectivity index (χ1n) is 7.69. The zero-order valence-electron chi connectivity index (χ0n) is 13.9. The van der Waals surface area contributed by atoms with Crippen molar-refractivity contribution in [1.29, 1.82) is 0 Å². The standard InChI is InChI=1S/C18H16Cl2FNO3S/c1-2-25-18(24)14-8-13(5-6-15(14)20)22-17(23)10-26-9-11-3-4-12(19)7-16(11)21/h3-8H,2,9-10H2,1H3,(H,22,23). The summed E-state index contributed by atoms with van der Waals surface area (Å²) in [6.07, 6.45) is 0. The molecule has 138 valence electrons. The summed E-state index contributed by atoms with van der Waals surface area (Å²) in [4.78, 5) is 23.9. The second kappa shape index (κ2) is 9.80. The molecule has 26 heavy (non-hydrogen) atoms. The Hall–Kier alpha value is -1.76. The Morgan fingerprint density at radius 2 is 1.96 bits per heavy atom. The summed E-state index contributed by atoms with van der Waals surface area (Å²) in [7, 11) is 0. The monoisotopic (exact) mass is 415 g/mol. The van der Waals surface area contributed by atoms with Crippen LogP contribution in [-0.4, -0.2) is 24.2 Å². The van der Waals surface area contributed by atoms with Crippen LogP contribution in [0, 0.1) is 5.82 Å². The van der Waals surface area contributed by atoms with Crippen molar-refractivity contribution in [3.63, 3.8) is 0 Å². The quantitative estimate of drug-likeness (QED) is 0.632. The molecule has 0 fully saturated rings. The van der Waals surface area contributed by atoms with Gasteiger partial charge in [0.05, 0.1) is 22.9 Å². The Kier molecular flexibility index (Phi) is 7.75. The number of hydrogen-bond acceptors (Lipinski definition) is 4. The van der Waals surface area contributed by atoms with Gasteiger partial charge < -0.3 is 10.1 Å². The first-order valence-corrected chi connectivity index (χ1v) is 9.60. The third-order valence-corrected chi connectivity index (χ3v) is 4.80. The Balaban J connectivity index is 1.91. The fraction of sp³-hybridized carbons (Fsp3) is 0.222. The molecule has 2 aromatic rings. The van der Waals surface area contributed by atoms with Crippen LogP contribution < -0.4 is 5.32 Å². The van der Waals surface area contributed by atoms with E-state index < -0.39 is 11.8 Å². The van der Waals surface area contributed by atoms with Crippen LogP contribution in [0.2, 0.25) is 10.0 Å². The molecule has 2 rings (SSSR count). The van der Waals surface area contributed by atoms with E-state index in [0.29, 0.717) is 22.0 Å². The molecule has 2 aromatic carbocycles. The van der Waals surface area contributed by atoms with Crippen LogP contribution in [0.3, 0.4) is 0 Å². The lowest BCUT2D eigenvalue weighted by Gasteiger charge is -2.09. The molecule has 0 atom stereocenters. The molecule has 0 saturated heterocycles. The van der Waals surface area contributed by atoms with Gasteiger partial charge >= 0.3 is 5.97 Å². The van der Waals surface area contributed by atoms with Gasteiger partial charge in [0.1, 0.15) is 5.82 Å². The molecule has 0 aromatic heterocycles. The van der Waals surface area contributed by atoms with Crippen molar-refractivity contribution >= 4 is 52.5 Å². The lowest BCUT2D eigenvalue weighted by Crippen LogP contribution is -2.15. The number of benzene rings is 2. The molecule has 4 nitrogen and oxygen atoms in total. The van der Waals surface area contributed by atoms with E-state index in [1.807, 2.05) is 0 Å². The Morgan fingerprint density at radius 3 is 2.65 bits per heavy atom. The molecule has 0 spiro atoms. The normalized spacial score (nSPS) is 10.5. The molecule has 0 aliphatic rings. The first kappa shape index (κ1) is 20.6. The van der Waals surface area contributed by atoms with E-state index in [1.165, 1.54) is 30.0 Å². The highest BCUT2D eigenvalue weighted by Crippen LogP contribution is 2.23. The van der Waals surface area contributed by atoms with Gasteiger partial charge in [0.15, 0.2) is 0 Å². The third-order valence-electron chi connectivity index (χ3n) is 3.25. The molecule has 0 heterocycles. The van der Waals surface area contributed by atoms with Crippen LogP contribution in [0.5, 0.6) is 0 Å². The minimum absolute atomic E-state index is 0.124. The Labute approximate surface area is 165 Å². The van der Waals surface area contributed by atoms with Crippen molar-refractivity contribution in [3.8, 4) is 0 Å². The number of thioether (sulfide) groups is 1. The number of esters is 1. The number of halogens is 3. The minimum atomic E-state index is -0.554. The number of carbonyl (C=O) groups is 2. The van der Waals surface area contributed by atoms with Gasteiger partial charge in [0.2, 0.25) is 5.91 Å². The van der Waals surface area contributed by atoms with Crippen molar-refractivity contribution in [2.24, 2.45) is 0 Å². The van der Waals surface area contributed by atoms with Crippen molar-refractivity contribution in [3.05, 3.63) is 63.4 Å². The van der Waals surface area contributed by atoms with Crippen molar-refractivity contribution in [2.45, 2.75) is 12.7 Å². The lowest BCUT2D eigenvalue weighted by molar-refractivity contribution is -0.113. The van der Waals surface area contributed by atoms with Gasteiger partial charge in [0.25, 0.3) is 0 Å². The maximum absolute atomic E-state index is 13.7. The van der Waals surface area contributed by atoms with Gasteiger partial charge in [0, 0.05) is 16.5 Å². The van der Waals surface area contributed by atoms with E-state index in [-0.39, 0.29) is 28.9 Å². The van der Waals surface area contributed by atoms with Crippen molar-refractivity contribution in [1.82, 2.24) is 0 Å². The number of anilines is 1. The van der Waals surface area contributed by atoms with Gasteiger partial charge in [-0.25, -0.2) is 9.18 Å². The SMILES string of the molecule is CCOC(=O)c1cc(NC(=O)CSCc2ccc(Cl)cc2F)ccc1Cl. The molecule has 1 N–H and O–H groups in total. The highest BCUT2D eigenvalue weighted by molar-refractivity contribution is 7.99. The maximum atomic E-state index is 13.7. The van der Waals surface area contributed by atoms with Crippen LogP contribution >= 0.6 is 35.0 Å². The molecular weight excluding hydrogens is 400 g/mol. The Morgan fingerprint density at radius 1 is 1.19 bits per heavy atom. The third kappa shape index (κ3) is 5.90. The molecular formula is C18H16Cl2FNO3S. The summed E-state index contributed by atoms with van der Waals surface area (Å²) in [5.74, 6) is -0.769. The van der Waals surface area contributed by atoms with E-state index in [9.17, 15) is 14.0 Å². The average molecular weight is 416 g/mol. The van der Waals surface area contributed by atoms with E-state index in [0.717, 1.165) is 0 Å². The van der Waals surface area contributed by atoms with Crippen LogP contribution in [0.1, 0.15) is 22.8 Å². The van der Waals surface area contributed by atoms with E-state index in [2.05, 4.69) is 5.32 Å². The average Bonchev–Trinajstić information content (AvgIpc) is 2.58. The van der Waals surface area contributed by atoms with Crippen LogP contribution in [0.15, 0.2) is 36.4 Å². The smallest absolute Gasteiger partial charge is 0.339 e. The van der Waals surface area contributed by atoms with E-state index in [1.54, 1.807) is 25.1 Å². The number of amides is 1. The topological polar surface area (TPSA) is 55.4 Å². The zero-order chi connectivity index (χ0) is 19.1. The van der Waals surface area contributed by atoms with Crippen molar-refractivity contribution < 1.29 is 18.7 Å². The molecule has 0 radical (unpaired) electrons. The summed E-state index contributed by atoms with van der Waals surface area (Å²) in [5, 5.41) is 3.25. The van der Waals surface area contributed by atoms with Gasteiger partial charge in [-0.3, -0.25) is 4.79 Å². The van der Waals surface area contributed by atoms with Crippen molar-refractivity contribution in [2.75, 3.05) is 17.7 Å².